The molecule has 26 heavy (non-hydrogen) atoms. The van der Waals surface area contributed by atoms with Gasteiger partial charge < -0.3 is 16.0 Å². The van der Waals surface area contributed by atoms with E-state index in [9.17, 15) is 4.79 Å². The summed E-state index contributed by atoms with van der Waals surface area (Å²) in [5.41, 5.74) is 12.0. The van der Waals surface area contributed by atoms with E-state index >= 15 is 0 Å². The molecular weight excluding hydrogens is 324 g/mol. The minimum Gasteiger partial charge on any atom is -0.370 e. The maximum absolute atomic E-state index is 12.5. The first-order chi connectivity index (χ1) is 12.7. The lowest BCUT2D eigenvalue weighted by molar-refractivity contribution is -0.117. The highest BCUT2D eigenvalue weighted by molar-refractivity contribution is 5.99. The van der Waals surface area contributed by atoms with Crippen LogP contribution < -0.4 is 16.0 Å². The van der Waals surface area contributed by atoms with E-state index in [-0.39, 0.29) is 12.5 Å². The second-order valence-corrected chi connectivity index (χ2v) is 6.90. The number of para-hydroxylation sites is 1. The molecule has 4 rings (SSSR count). The zero-order chi connectivity index (χ0) is 17.9. The average molecular weight is 348 g/mol. The Bertz CT molecular complexity index is 859. The van der Waals surface area contributed by atoms with E-state index in [2.05, 4.69) is 22.4 Å². The summed E-state index contributed by atoms with van der Waals surface area (Å²) in [6.45, 7) is 0.773. The number of amides is 1. The van der Waals surface area contributed by atoms with Gasteiger partial charge in [0.25, 0.3) is 0 Å². The number of nitrogens with one attached hydrogen (secondary N) is 1. The van der Waals surface area contributed by atoms with Gasteiger partial charge in [0, 0.05) is 17.9 Å². The molecule has 0 bridgehead atoms. The Kier molecular flexibility index (Phi) is 4.61. The van der Waals surface area contributed by atoms with E-state index in [0.29, 0.717) is 12.5 Å². The molecule has 0 saturated carbocycles. The second kappa shape index (κ2) is 7.20. The first-order valence-corrected chi connectivity index (χ1v) is 9.28. The van der Waals surface area contributed by atoms with E-state index in [1.807, 2.05) is 30.3 Å². The summed E-state index contributed by atoms with van der Waals surface area (Å²) < 4.78 is 0. The van der Waals surface area contributed by atoms with E-state index in [1.54, 1.807) is 4.90 Å². The maximum atomic E-state index is 12.5. The van der Waals surface area contributed by atoms with Crippen LogP contribution in [0.5, 0.6) is 0 Å². The zero-order valence-electron chi connectivity index (χ0n) is 14.9. The topological polar surface area (TPSA) is 70.7 Å². The van der Waals surface area contributed by atoms with Crippen molar-refractivity contribution in [3.63, 3.8) is 0 Å². The van der Waals surface area contributed by atoms with Crippen LogP contribution in [0.25, 0.3) is 0 Å². The van der Waals surface area contributed by atoms with Crippen LogP contribution in [0, 0.1) is 0 Å². The van der Waals surface area contributed by atoms with Gasteiger partial charge in [-0.05, 0) is 60.9 Å². The number of carbonyl (C=O) groups excluding carboxylic acids is 1. The van der Waals surface area contributed by atoms with Crippen molar-refractivity contribution >= 4 is 23.2 Å². The number of guanidine groups is 1. The molecule has 1 heterocycles. The summed E-state index contributed by atoms with van der Waals surface area (Å²) in [6.07, 6.45) is 5.53. The normalized spacial score (nSPS) is 16.2. The summed E-state index contributed by atoms with van der Waals surface area (Å²) >= 11 is 0. The Morgan fingerprint density at radius 3 is 2.77 bits per heavy atom. The van der Waals surface area contributed by atoms with Crippen molar-refractivity contribution in [3.05, 3.63) is 59.2 Å². The Labute approximate surface area is 153 Å². The van der Waals surface area contributed by atoms with Crippen molar-refractivity contribution in [1.82, 2.24) is 0 Å². The molecule has 0 spiro atoms. The van der Waals surface area contributed by atoms with Crippen LogP contribution in [0.4, 0.5) is 11.4 Å². The molecule has 5 heteroatoms. The first-order valence-electron chi connectivity index (χ1n) is 9.28. The molecule has 0 atom stereocenters. The molecule has 134 valence electrons. The zero-order valence-corrected chi connectivity index (χ0v) is 14.9. The van der Waals surface area contributed by atoms with Crippen LogP contribution >= 0.6 is 0 Å². The van der Waals surface area contributed by atoms with Crippen molar-refractivity contribution < 1.29 is 4.79 Å². The number of nitrogens with zero attached hydrogens (tertiary/aromatic N) is 2. The van der Waals surface area contributed by atoms with Crippen LogP contribution in [0.15, 0.2) is 47.5 Å². The molecule has 0 aromatic heterocycles. The highest BCUT2D eigenvalue weighted by atomic mass is 16.2. The largest absolute Gasteiger partial charge is 0.370 e. The minimum absolute atomic E-state index is 0.0187. The van der Waals surface area contributed by atoms with E-state index in [1.165, 1.54) is 29.5 Å². The molecule has 0 saturated heterocycles. The Balaban J connectivity index is 1.43. The Hall–Kier alpha value is -2.82. The van der Waals surface area contributed by atoms with Crippen LogP contribution in [0.3, 0.4) is 0 Å². The van der Waals surface area contributed by atoms with Crippen molar-refractivity contribution in [1.29, 1.82) is 0 Å². The number of aryl methyl sites for hydroxylation is 1. The Morgan fingerprint density at radius 2 is 1.85 bits per heavy atom. The molecule has 1 aliphatic heterocycles. The third-order valence-electron chi connectivity index (χ3n) is 5.23. The third kappa shape index (κ3) is 3.29. The summed E-state index contributed by atoms with van der Waals surface area (Å²) in [4.78, 5) is 18.6. The molecule has 2 aliphatic rings. The monoisotopic (exact) mass is 348 g/mol. The summed E-state index contributed by atoms with van der Waals surface area (Å²) in [6, 6.07) is 14.3. The van der Waals surface area contributed by atoms with Gasteiger partial charge in [0.05, 0.1) is 0 Å². The first kappa shape index (κ1) is 16.6. The van der Waals surface area contributed by atoms with Gasteiger partial charge in [0.1, 0.15) is 6.54 Å². The van der Waals surface area contributed by atoms with Gasteiger partial charge in [-0.2, -0.15) is 0 Å². The number of nitrogens with two attached hydrogens (primary N) is 1. The average Bonchev–Trinajstić information content (AvgIpc) is 3.11. The number of hydrogen-bond donors (Lipinski definition) is 2. The smallest absolute Gasteiger partial charge is 0.248 e. The predicted octanol–water partition coefficient (Wildman–Crippen LogP) is 2.88. The minimum atomic E-state index is -0.0187. The molecule has 2 aromatic rings. The molecule has 5 nitrogen and oxygen atoms in total. The number of fused-ring (bicyclic) bond motifs is 2. The number of aliphatic imine (C=N–C) groups is 1. The van der Waals surface area contributed by atoms with Gasteiger partial charge in [-0.1, -0.05) is 30.3 Å². The lowest BCUT2D eigenvalue weighted by atomic mass is 9.90. The summed E-state index contributed by atoms with van der Waals surface area (Å²) in [7, 11) is 0. The van der Waals surface area contributed by atoms with Gasteiger partial charge in [0.2, 0.25) is 5.91 Å². The molecule has 1 amide bonds. The number of rotatable bonds is 3. The predicted molar refractivity (Wildman–Crippen MR) is 106 cm³/mol. The quantitative estimate of drug-likeness (QED) is 0.662. The van der Waals surface area contributed by atoms with Crippen molar-refractivity contribution in [2.45, 2.75) is 32.1 Å². The maximum Gasteiger partial charge on any atom is 0.248 e. The Morgan fingerprint density at radius 1 is 1.04 bits per heavy atom. The molecule has 1 aliphatic carbocycles. The van der Waals surface area contributed by atoms with Gasteiger partial charge in [0.15, 0.2) is 5.96 Å². The molecule has 0 unspecified atom stereocenters. The highest BCUT2D eigenvalue weighted by Crippen LogP contribution is 2.28. The van der Waals surface area contributed by atoms with Crippen molar-refractivity contribution in [2.24, 2.45) is 10.7 Å². The molecule has 3 N–H and O–H groups in total. The number of hydrogen-bond acceptors (Lipinski definition) is 2. The van der Waals surface area contributed by atoms with Gasteiger partial charge in [-0.15, -0.1) is 0 Å². The van der Waals surface area contributed by atoms with E-state index < -0.39 is 0 Å². The summed E-state index contributed by atoms with van der Waals surface area (Å²) in [5, 5.41) is 3.19. The van der Waals surface area contributed by atoms with Gasteiger partial charge in [-0.25, -0.2) is 4.99 Å². The highest BCUT2D eigenvalue weighted by Gasteiger charge is 2.23. The van der Waals surface area contributed by atoms with Crippen LogP contribution in [0.2, 0.25) is 0 Å². The van der Waals surface area contributed by atoms with E-state index in [0.717, 1.165) is 30.6 Å². The fourth-order valence-electron chi connectivity index (χ4n) is 3.91. The molecule has 0 radical (unpaired) electrons. The SMILES string of the molecule is NC(=NCC(=O)N1CCc2ccccc21)Nc1cccc2c1CCCC2. The fraction of sp³-hybridized carbons (Fsp3) is 0.333. The summed E-state index contributed by atoms with van der Waals surface area (Å²) in [5.74, 6) is 0.277. The standard InChI is InChI=1S/C21H24N4O/c22-21(24-18-10-5-8-15-6-1-3-9-17(15)18)23-14-20(26)25-13-12-16-7-2-4-11-19(16)25/h2,4-5,7-8,10-11H,1,3,6,9,12-14H2,(H3,22,23,24). The van der Waals surface area contributed by atoms with Crippen LogP contribution in [0.1, 0.15) is 29.5 Å². The van der Waals surface area contributed by atoms with Gasteiger partial charge in [-0.3, -0.25) is 4.79 Å². The number of carbonyl (C=O) groups is 1. The lowest BCUT2D eigenvalue weighted by Crippen LogP contribution is -2.32. The second-order valence-electron chi connectivity index (χ2n) is 6.90. The number of benzene rings is 2. The molecule has 2 aromatic carbocycles. The fourth-order valence-corrected chi connectivity index (χ4v) is 3.91. The van der Waals surface area contributed by atoms with Gasteiger partial charge >= 0.3 is 0 Å². The third-order valence-corrected chi connectivity index (χ3v) is 5.23. The van der Waals surface area contributed by atoms with Crippen molar-refractivity contribution in [3.8, 4) is 0 Å². The van der Waals surface area contributed by atoms with Crippen LogP contribution in [-0.4, -0.2) is 25.0 Å². The van der Waals surface area contributed by atoms with Crippen molar-refractivity contribution in [2.75, 3.05) is 23.3 Å². The molecular formula is C21H24N4O. The number of anilines is 2. The lowest BCUT2D eigenvalue weighted by Gasteiger charge is -2.20. The van der Waals surface area contributed by atoms with Crippen LogP contribution in [-0.2, 0) is 24.1 Å². The molecule has 0 fully saturated rings. The van der Waals surface area contributed by atoms with E-state index in [4.69, 9.17) is 5.73 Å².